The Bertz CT molecular complexity index is 727. The number of nitrogens with two attached hydrogens (primary N) is 1. The molecule has 2 amide bonds. The molecule has 0 saturated heterocycles. The molecule has 0 radical (unpaired) electrons. The normalized spacial score (nSPS) is 11.8. The summed E-state index contributed by atoms with van der Waals surface area (Å²) in [6.07, 6.45) is 0. The molecule has 0 saturated carbocycles. The molecule has 0 aromatic heterocycles. The van der Waals surface area contributed by atoms with Gasteiger partial charge in [-0.2, -0.15) is 0 Å². The molecule has 5 nitrogen and oxygen atoms in total. The molecule has 5 heteroatoms. The summed E-state index contributed by atoms with van der Waals surface area (Å²) >= 11 is 0. The lowest BCUT2D eigenvalue weighted by Crippen LogP contribution is -2.30. The van der Waals surface area contributed by atoms with Crippen LogP contribution in [0.3, 0.4) is 0 Å². The number of primary amides is 1. The van der Waals surface area contributed by atoms with E-state index in [1.54, 1.807) is 12.1 Å². The second-order valence-corrected chi connectivity index (χ2v) is 6.05. The molecule has 126 valence electrons. The standard InChI is InChI=1S/C19H23N3O2/c1-12(2)21-19(24)16-10-9-15(11-13(16)3)22-17(18(20)23)14-7-5-4-6-8-14/h4-12,17,22H,1-3H3,(H2,20,23)(H,21,24). The van der Waals surface area contributed by atoms with Crippen molar-refractivity contribution in [1.29, 1.82) is 0 Å². The first kappa shape index (κ1) is 17.5. The third kappa shape index (κ3) is 4.35. The lowest BCUT2D eigenvalue weighted by atomic mass is 10.0. The van der Waals surface area contributed by atoms with Gasteiger partial charge in [0.2, 0.25) is 5.91 Å². The van der Waals surface area contributed by atoms with Crippen molar-refractivity contribution in [2.45, 2.75) is 32.9 Å². The monoisotopic (exact) mass is 325 g/mol. The molecule has 2 rings (SSSR count). The molecular formula is C19H23N3O2. The van der Waals surface area contributed by atoms with Crippen LogP contribution in [0.2, 0.25) is 0 Å². The molecule has 0 aliphatic heterocycles. The summed E-state index contributed by atoms with van der Waals surface area (Å²) in [5.74, 6) is -0.566. The van der Waals surface area contributed by atoms with E-state index in [4.69, 9.17) is 5.73 Å². The Morgan fingerprint density at radius 1 is 1.04 bits per heavy atom. The zero-order valence-electron chi connectivity index (χ0n) is 14.2. The number of carbonyl (C=O) groups excluding carboxylic acids is 2. The first-order chi connectivity index (χ1) is 11.4. The number of rotatable bonds is 6. The fraction of sp³-hybridized carbons (Fsp3) is 0.263. The van der Waals surface area contributed by atoms with Crippen LogP contribution in [0.1, 0.15) is 41.4 Å². The van der Waals surface area contributed by atoms with E-state index in [1.165, 1.54) is 0 Å². The highest BCUT2D eigenvalue weighted by molar-refractivity contribution is 5.96. The van der Waals surface area contributed by atoms with E-state index in [9.17, 15) is 9.59 Å². The van der Waals surface area contributed by atoms with Gasteiger partial charge in [0.15, 0.2) is 0 Å². The van der Waals surface area contributed by atoms with Crippen molar-refractivity contribution in [2.24, 2.45) is 5.73 Å². The van der Waals surface area contributed by atoms with Crippen LogP contribution >= 0.6 is 0 Å². The van der Waals surface area contributed by atoms with E-state index in [2.05, 4.69) is 10.6 Å². The Balaban J connectivity index is 2.22. The van der Waals surface area contributed by atoms with E-state index in [-0.39, 0.29) is 11.9 Å². The van der Waals surface area contributed by atoms with Crippen molar-refractivity contribution < 1.29 is 9.59 Å². The van der Waals surface area contributed by atoms with Crippen molar-refractivity contribution in [3.8, 4) is 0 Å². The lowest BCUT2D eigenvalue weighted by molar-refractivity contribution is -0.118. The minimum Gasteiger partial charge on any atom is -0.370 e. The molecule has 24 heavy (non-hydrogen) atoms. The number of amides is 2. The second-order valence-electron chi connectivity index (χ2n) is 6.05. The van der Waals surface area contributed by atoms with Crippen LogP contribution in [0.15, 0.2) is 48.5 Å². The molecule has 2 aromatic rings. The van der Waals surface area contributed by atoms with Gasteiger partial charge in [0.05, 0.1) is 0 Å². The molecule has 0 heterocycles. The van der Waals surface area contributed by atoms with Crippen molar-refractivity contribution in [3.63, 3.8) is 0 Å². The predicted octanol–water partition coefficient (Wildman–Crippen LogP) is 2.77. The molecule has 0 spiro atoms. The van der Waals surface area contributed by atoms with E-state index in [0.29, 0.717) is 5.56 Å². The molecule has 1 atom stereocenters. The highest BCUT2D eigenvalue weighted by Crippen LogP contribution is 2.22. The third-order valence-electron chi connectivity index (χ3n) is 3.62. The maximum absolute atomic E-state index is 12.1. The van der Waals surface area contributed by atoms with E-state index in [1.807, 2.05) is 57.2 Å². The number of benzene rings is 2. The number of hydrogen-bond donors (Lipinski definition) is 3. The maximum atomic E-state index is 12.1. The smallest absolute Gasteiger partial charge is 0.251 e. The minimum atomic E-state index is -0.624. The zero-order valence-corrected chi connectivity index (χ0v) is 14.2. The summed E-state index contributed by atoms with van der Waals surface area (Å²) in [5.41, 5.74) is 8.50. The molecule has 2 aromatic carbocycles. The largest absolute Gasteiger partial charge is 0.370 e. The maximum Gasteiger partial charge on any atom is 0.251 e. The van der Waals surface area contributed by atoms with Gasteiger partial charge in [-0.3, -0.25) is 9.59 Å². The minimum absolute atomic E-state index is 0.0759. The van der Waals surface area contributed by atoms with Crippen LogP contribution in [0.25, 0.3) is 0 Å². The molecule has 0 aliphatic carbocycles. The van der Waals surface area contributed by atoms with Gasteiger partial charge in [0.25, 0.3) is 5.91 Å². The Kier molecular flexibility index (Phi) is 5.58. The topological polar surface area (TPSA) is 84.2 Å². The predicted molar refractivity (Wildman–Crippen MR) is 95.8 cm³/mol. The first-order valence-corrected chi connectivity index (χ1v) is 7.91. The third-order valence-corrected chi connectivity index (χ3v) is 3.62. The molecule has 0 bridgehead atoms. The van der Waals surface area contributed by atoms with Crippen LogP contribution < -0.4 is 16.4 Å². The SMILES string of the molecule is Cc1cc(NC(C(N)=O)c2ccccc2)ccc1C(=O)NC(C)C. The van der Waals surface area contributed by atoms with Crippen molar-refractivity contribution in [1.82, 2.24) is 5.32 Å². The van der Waals surface area contributed by atoms with Gasteiger partial charge in [0.1, 0.15) is 6.04 Å². The van der Waals surface area contributed by atoms with E-state index < -0.39 is 11.9 Å². The van der Waals surface area contributed by atoms with Crippen LogP contribution in [0.5, 0.6) is 0 Å². The van der Waals surface area contributed by atoms with Crippen molar-refractivity contribution >= 4 is 17.5 Å². The van der Waals surface area contributed by atoms with Crippen LogP contribution in [0, 0.1) is 6.92 Å². The summed E-state index contributed by atoms with van der Waals surface area (Å²) in [6.45, 7) is 5.70. The van der Waals surface area contributed by atoms with Gasteiger partial charge >= 0.3 is 0 Å². The zero-order chi connectivity index (χ0) is 17.7. The number of aryl methyl sites for hydroxylation is 1. The van der Waals surface area contributed by atoms with Gasteiger partial charge in [-0.1, -0.05) is 30.3 Å². The molecular weight excluding hydrogens is 302 g/mol. The summed E-state index contributed by atoms with van der Waals surface area (Å²) in [7, 11) is 0. The molecule has 0 fully saturated rings. The van der Waals surface area contributed by atoms with Gasteiger partial charge in [-0.25, -0.2) is 0 Å². The first-order valence-electron chi connectivity index (χ1n) is 7.91. The Labute approximate surface area is 142 Å². The Morgan fingerprint density at radius 2 is 1.71 bits per heavy atom. The summed E-state index contributed by atoms with van der Waals surface area (Å²) in [5, 5.41) is 6.01. The Morgan fingerprint density at radius 3 is 2.25 bits per heavy atom. The number of carbonyl (C=O) groups is 2. The van der Waals surface area contributed by atoms with Gasteiger partial charge < -0.3 is 16.4 Å². The number of hydrogen-bond acceptors (Lipinski definition) is 3. The average Bonchev–Trinajstić information content (AvgIpc) is 2.52. The van der Waals surface area contributed by atoms with E-state index >= 15 is 0 Å². The quantitative estimate of drug-likeness (QED) is 0.763. The number of anilines is 1. The highest BCUT2D eigenvalue weighted by Gasteiger charge is 2.18. The van der Waals surface area contributed by atoms with Gasteiger partial charge in [-0.15, -0.1) is 0 Å². The lowest BCUT2D eigenvalue weighted by Gasteiger charge is -2.18. The Hall–Kier alpha value is -2.82. The fourth-order valence-corrected chi connectivity index (χ4v) is 2.48. The van der Waals surface area contributed by atoms with Gasteiger partial charge in [0, 0.05) is 17.3 Å². The van der Waals surface area contributed by atoms with Crippen LogP contribution in [-0.2, 0) is 4.79 Å². The highest BCUT2D eigenvalue weighted by atomic mass is 16.2. The molecule has 0 aliphatic rings. The number of nitrogens with one attached hydrogen (secondary N) is 2. The molecule has 1 unspecified atom stereocenters. The van der Waals surface area contributed by atoms with Crippen LogP contribution in [0.4, 0.5) is 5.69 Å². The van der Waals surface area contributed by atoms with Crippen LogP contribution in [-0.4, -0.2) is 17.9 Å². The van der Waals surface area contributed by atoms with Gasteiger partial charge in [-0.05, 0) is 50.1 Å². The van der Waals surface area contributed by atoms with Crippen molar-refractivity contribution in [2.75, 3.05) is 5.32 Å². The van der Waals surface area contributed by atoms with E-state index in [0.717, 1.165) is 16.8 Å². The fourth-order valence-electron chi connectivity index (χ4n) is 2.48. The molecule has 4 N–H and O–H groups in total. The summed E-state index contributed by atoms with van der Waals surface area (Å²) in [6, 6.07) is 14.1. The summed E-state index contributed by atoms with van der Waals surface area (Å²) in [4.78, 5) is 23.9. The second kappa shape index (κ2) is 7.64. The summed E-state index contributed by atoms with van der Waals surface area (Å²) < 4.78 is 0. The van der Waals surface area contributed by atoms with Crippen molar-refractivity contribution in [3.05, 3.63) is 65.2 Å². The average molecular weight is 325 g/mol.